The van der Waals surface area contributed by atoms with Crippen LogP contribution in [0.4, 0.5) is 27.6 Å². The molecule has 1 nitrogen and oxygen atoms in total. The fourth-order valence-corrected chi connectivity index (χ4v) is 1.69. The Morgan fingerprint density at radius 1 is 1.10 bits per heavy atom. The van der Waals surface area contributed by atoms with Crippen LogP contribution >= 0.6 is 12.6 Å². The number of thiol groups is 1. The molecule has 8 heteroatoms. The smallest absolute Gasteiger partial charge is 0.399 e. The van der Waals surface area contributed by atoms with Gasteiger partial charge in [-0.05, 0) is 24.1 Å². The van der Waals surface area contributed by atoms with Crippen molar-refractivity contribution in [2.24, 2.45) is 0 Å². The third-order valence-corrected chi connectivity index (χ3v) is 3.22. The molecule has 0 fully saturated rings. The molecule has 0 aromatic heterocycles. The van der Waals surface area contributed by atoms with E-state index < -0.39 is 28.7 Å². The number of hydrogen-bond donors (Lipinski definition) is 2. The van der Waals surface area contributed by atoms with E-state index in [0.717, 1.165) is 5.56 Å². The van der Waals surface area contributed by atoms with Gasteiger partial charge in [-0.3, -0.25) is 6.58 Å². The molecule has 0 aliphatic carbocycles. The van der Waals surface area contributed by atoms with Gasteiger partial charge in [-0.15, -0.1) is 17.0 Å². The van der Waals surface area contributed by atoms with Crippen molar-refractivity contribution in [3.8, 4) is 0 Å². The average molecular weight is 453 g/mol. The van der Waals surface area contributed by atoms with E-state index in [1.807, 2.05) is 37.3 Å². The first kappa shape index (κ1) is 30.2. The standard InChI is InChI=1S/C8H10FN.C7H7.C6H3F4S.K/c1-2-6-3-4-7(10)5-8(6)9;1-7-5-3-2-4-6-7;1-3(11)5(9)6(10)4(8)2-7;/h3-5H,2,10H2,1H3;2-6H,1H2;1-2,11H;/q;2*-1;+1/b;;4-2-,6-5-;. The predicted molar refractivity (Wildman–Crippen MR) is 107 cm³/mol. The Morgan fingerprint density at radius 2 is 1.66 bits per heavy atom. The fourth-order valence-electron chi connectivity index (χ4n) is 1.59. The van der Waals surface area contributed by atoms with Gasteiger partial charge in [0.1, 0.15) is 18.0 Å². The summed E-state index contributed by atoms with van der Waals surface area (Å²) in [5, 5.41) is 0. The molecule has 2 aromatic rings. The fraction of sp³-hybridized carbons (Fsp3) is 0.0952. The summed E-state index contributed by atoms with van der Waals surface area (Å²) >= 11 is 3.17. The summed E-state index contributed by atoms with van der Waals surface area (Å²) < 4.78 is 60.1. The molecule has 0 heterocycles. The van der Waals surface area contributed by atoms with Crippen LogP contribution in [-0.4, -0.2) is 0 Å². The van der Waals surface area contributed by atoms with Gasteiger partial charge in [-0.2, -0.15) is 37.2 Å². The minimum Gasteiger partial charge on any atom is -0.399 e. The number of anilines is 1. The first-order valence-corrected chi connectivity index (χ1v) is 8.32. The number of hydrogen-bond acceptors (Lipinski definition) is 2. The number of benzene rings is 2. The Balaban J connectivity index is 0. The van der Waals surface area contributed by atoms with Crippen molar-refractivity contribution in [1.82, 2.24) is 0 Å². The molecule has 0 aliphatic rings. The quantitative estimate of drug-likeness (QED) is 0.181. The van der Waals surface area contributed by atoms with Gasteiger partial charge in [0.2, 0.25) is 0 Å². The van der Waals surface area contributed by atoms with E-state index in [1.54, 1.807) is 12.1 Å². The van der Waals surface area contributed by atoms with Gasteiger partial charge in [-0.1, -0.05) is 19.1 Å². The first-order valence-electron chi connectivity index (χ1n) is 7.88. The number of nitrogens with two attached hydrogens (primary N) is 1. The molecular formula is C21H20F5KNS-. The van der Waals surface area contributed by atoms with Crippen LogP contribution in [0.3, 0.4) is 0 Å². The second-order valence-electron chi connectivity index (χ2n) is 5.16. The van der Waals surface area contributed by atoms with E-state index in [2.05, 4.69) is 26.1 Å². The third kappa shape index (κ3) is 13.0. The third-order valence-electron chi connectivity index (χ3n) is 3.02. The summed E-state index contributed by atoms with van der Waals surface area (Å²) in [7, 11) is 0. The van der Waals surface area contributed by atoms with Gasteiger partial charge in [0.15, 0.2) is 5.83 Å². The number of nitrogen functional groups attached to an aromatic ring is 1. The van der Waals surface area contributed by atoms with Crippen molar-refractivity contribution in [2.45, 2.75) is 13.3 Å². The zero-order chi connectivity index (χ0) is 21.7. The maximum absolute atomic E-state index is 12.8. The molecule has 152 valence electrons. The maximum Gasteiger partial charge on any atom is 1.00 e. The van der Waals surface area contributed by atoms with Crippen LogP contribution in [0.1, 0.15) is 18.1 Å². The van der Waals surface area contributed by atoms with Gasteiger partial charge in [0.25, 0.3) is 0 Å². The molecule has 2 N–H and O–H groups in total. The van der Waals surface area contributed by atoms with Crippen LogP contribution in [0.2, 0.25) is 0 Å². The van der Waals surface area contributed by atoms with Crippen molar-refractivity contribution < 1.29 is 73.3 Å². The Morgan fingerprint density at radius 3 is 2.00 bits per heavy atom. The van der Waals surface area contributed by atoms with E-state index in [4.69, 9.17) is 5.73 Å². The molecule has 0 aliphatic heterocycles. The summed E-state index contributed by atoms with van der Waals surface area (Å²) in [6.45, 7) is 10.3. The van der Waals surface area contributed by atoms with E-state index in [1.165, 1.54) is 6.07 Å². The average Bonchev–Trinajstić information content (AvgIpc) is 2.67. The Labute approximate surface area is 216 Å². The molecule has 29 heavy (non-hydrogen) atoms. The van der Waals surface area contributed by atoms with E-state index >= 15 is 0 Å². The van der Waals surface area contributed by atoms with Crippen molar-refractivity contribution in [1.29, 1.82) is 0 Å². The first-order chi connectivity index (χ1) is 13.1. The molecule has 0 radical (unpaired) electrons. The van der Waals surface area contributed by atoms with Crippen LogP contribution in [0.25, 0.3) is 0 Å². The summed E-state index contributed by atoms with van der Waals surface area (Å²) in [5.74, 6) is -5.89. The van der Waals surface area contributed by atoms with Crippen molar-refractivity contribution in [2.75, 3.05) is 5.73 Å². The van der Waals surface area contributed by atoms with Gasteiger partial charge >= 0.3 is 51.4 Å². The summed E-state index contributed by atoms with van der Waals surface area (Å²) in [6, 6.07) is 14.6. The molecule has 2 aromatic carbocycles. The second kappa shape index (κ2) is 16.7. The van der Waals surface area contributed by atoms with Crippen molar-refractivity contribution >= 4 is 18.3 Å². The number of rotatable bonds is 3. The van der Waals surface area contributed by atoms with Crippen LogP contribution in [0.15, 0.2) is 77.2 Å². The van der Waals surface area contributed by atoms with Crippen LogP contribution in [0, 0.1) is 19.3 Å². The Hall–Kier alpha value is -1.03. The molecule has 0 bridgehead atoms. The summed E-state index contributed by atoms with van der Waals surface area (Å²) in [5.41, 5.74) is 7.61. The van der Waals surface area contributed by atoms with Gasteiger partial charge in [-0.25, -0.2) is 17.6 Å². The van der Waals surface area contributed by atoms with Gasteiger partial charge in [0, 0.05) is 11.5 Å². The summed E-state index contributed by atoms with van der Waals surface area (Å²) in [4.78, 5) is -0.848. The van der Waals surface area contributed by atoms with E-state index in [-0.39, 0.29) is 57.2 Å². The topological polar surface area (TPSA) is 26.0 Å². The normalized spacial score (nSPS) is 10.9. The second-order valence-corrected chi connectivity index (χ2v) is 5.64. The number of aryl methyl sites for hydroxylation is 1. The molecule has 2 rings (SSSR count). The number of halogens is 5. The van der Waals surface area contributed by atoms with Gasteiger partial charge < -0.3 is 10.1 Å². The predicted octanol–water partition coefficient (Wildman–Crippen LogP) is 4.01. The molecule has 0 amide bonds. The largest absolute Gasteiger partial charge is 1.00 e. The van der Waals surface area contributed by atoms with Gasteiger partial charge in [0.05, 0.1) is 0 Å². The van der Waals surface area contributed by atoms with E-state index in [9.17, 15) is 22.0 Å². The Bertz CT molecular complexity index is 823. The zero-order valence-electron chi connectivity index (χ0n) is 16.1. The minimum absolute atomic E-state index is 0. The number of allylic oxidation sites excluding steroid dienone is 3. The van der Waals surface area contributed by atoms with E-state index in [0.29, 0.717) is 17.7 Å². The van der Waals surface area contributed by atoms with Crippen LogP contribution < -0.4 is 57.1 Å². The minimum atomic E-state index is -2.00. The molecular weight excluding hydrogens is 432 g/mol. The van der Waals surface area contributed by atoms with Crippen molar-refractivity contribution in [3.05, 3.63) is 108 Å². The molecule has 0 spiro atoms. The molecule has 0 atom stereocenters. The Kier molecular flexibility index (Phi) is 17.4. The SMILES string of the molecule is CCc1ccc(N)cc1F.[CH-]=C(S)/C(F)=C(F)\C(F)=C\F.[CH2-]c1ccccc1.[K+]. The van der Waals surface area contributed by atoms with Crippen molar-refractivity contribution in [3.63, 3.8) is 0 Å². The van der Waals surface area contributed by atoms with Crippen LogP contribution in [-0.2, 0) is 6.42 Å². The monoisotopic (exact) mass is 452 g/mol. The molecule has 0 saturated heterocycles. The molecule has 0 unspecified atom stereocenters. The van der Waals surface area contributed by atoms with Crippen LogP contribution in [0.5, 0.6) is 0 Å². The molecule has 0 saturated carbocycles. The maximum atomic E-state index is 12.8. The summed E-state index contributed by atoms with van der Waals surface area (Å²) in [6.07, 6.45) is -0.00224. The zero-order valence-corrected chi connectivity index (χ0v) is 20.1.